The molecular weight excluding hydrogens is 322 g/mol. The van der Waals surface area contributed by atoms with Gasteiger partial charge < -0.3 is 9.80 Å². The lowest BCUT2D eigenvalue weighted by Gasteiger charge is -2.41. The first-order chi connectivity index (χ1) is 12.6. The van der Waals surface area contributed by atoms with Crippen molar-refractivity contribution < 1.29 is 4.79 Å². The van der Waals surface area contributed by atoms with Gasteiger partial charge >= 0.3 is 0 Å². The van der Waals surface area contributed by atoms with Crippen LogP contribution >= 0.6 is 0 Å². The number of likely N-dealkylation sites (tertiary alicyclic amines) is 1. The SMILES string of the molecule is CCCc1ccc(C(=O)N2CCC(CN3CCN(C)CC3C)CC2)cc1. The van der Waals surface area contributed by atoms with E-state index in [1.54, 1.807) is 0 Å². The topological polar surface area (TPSA) is 26.8 Å². The van der Waals surface area contributed by atoms with Gasteiger partial charge in [0.25, 0.3) is 5.91 Å². The van der Waals surface area contributed by atoms with Gasteiger partial charge in [-0.05, 0) is 56.8 Å². The zero-order chi connectivity index (χ0) is 18.5. The van der Waals surface area contributed by atoms with Gasteiger partial charge in [-0.25, -0.2) is 0 Å². The third-order valence-corrected chi connectivity index (χ3v) is 6.10. The van der Waals surface area contributed by atoms with Crippen molar-refractivity contribution in [1.29, 1.82) is 0 Å². The third-order valence-electron chi connectivity index (χ3n) is 6.10. The summed E-state index contributed by atoms with van der Waals surface area (Å²) in [4.78, 5) is 19.9. The number of piperidine rings is 1. The Morgan fingerprint density at radius 1 is 1.08 bits per heavy atom. The number of benzene rings is 1. The van der Waals surface area contributed by atoms with Crippen LogP contribution < -0.4 is 0 Å². The Bertz CT molecular complexity index is 578. The first kappa shape index (κ1) is 19.4. The van der Waals surface area contributed by atoms with Crippen LogP contribution in [-0.4, -0.2) is 73.0 Å². The van der Waals surface area contributed by atoms with E-state index in [4.69, 9.17) is 0 Å². The molecule has 1 aromatic rings. The molecule has 0 aliphatic carbocycles. The molecule has 0 radical (unpaired) electrons. The van der Waals surface area contributed by atoms with E-state index in [0.717, 1.165) is 50.3 Å². The number of nitrogens with zero attached hydrogens (tertiary/aromatic N) is 3. The van der Waals surface area contributed by atoms with Crippen LogP contribution in [0.5, 0.6) is 0 Å². The van der Waals surface area contributed by atoms with Crippen molar-refractivity contribution in [3.8, 4) is 0 Å². The van der Waals surface area contributed by atoms with Crippen LogP contribution in [0.3, 0.4) is 0 Å². The number of amides is 1. The molecule has 2 aliphatic heterocycles. The lowest BCUT2D eigenvalue weighted by atomic mass is 9.94. The van der Waals surface area contributed by atoms with Gasteiger partial charge in [0.05, 0.1) is 0 Å². The Morgan fingerprint density at radius 2 is 1.77 bits per heavy atom. The number of aryl methyl sites for hydroxylation is 1. The smallest absolute Gasteiger partial charge is 0.253 e. The fourth-order valence-electron chi connectivity index (χ4n) is 4.38. The number of carbonyl (C=O) groups is 1. The molecule has 0 aromatic heterocycles. The average molecular weight is 358 g/mol. The van der Waals surface area contributed by atoms with Gasteiger partial charge in [0.2, 0.25) is 0 Å². The molecule has 0 saturated carbocycles. The first-order valence-corrected chi connectivity index (χ1v) is 10.4. The molecule has 144 valence electrons. The minimum absolute atomic E-state index is 0.208. The van der Waals surface area contributed by atoms with Crippen LogP contribution in [0, 0.1) is 5.92 Å². The molecule has 1 atom stereocenters. The van der Waals surface area contributed by atoms with Gasteiger partial charge in [0.1, 0.15) is 0 Å². The van der Waals surface area contributed by atoms with Crippen molar-refractivity contribution in [2.75, 3.05) is 46.3 Å². The minimum Gasteiger partial charge on any atom is -0.339 e. The second kappa shape index (κ2) is 9.01. The Labute approximate surface area is 159 Å². The molecule has 2 heterocycles. The monoisotopic (exact) mass is 357 g/mol. The molecule has 2 saturated heterocycles. The maximum atomic E-state index is 12.8. The van der Waals surface area contributed by atoms with Crippen molar-refractivity contribution in [1.82, 2.24) is 14.7 Å². The lowest BCUT2D eigenvalue weighted by Crippen LogP contribution is -2.52. The van der Waals surface area contributed by atoms with E-state index in [-0.39, 0.29) is 5.91 Å². The number of carbonyl (C=O) groups excluding carboxylic acids is 1. The summed E-state index contributed by atoms with van der Waals surface area (Å²) in [6.45, 7) is 11.1. The Balaban J connectivity index is 1.47. The Kier molecular flexibility index (Phi) is 6.71. The normalized spacial score (nSPS) is 23.3. The highest BCUT2D eigenvalue weighted by Gasteiger charge is 2.28. The van der Waals surface area contributed by atoms with Crippen LogP contribution in [0.4, 0.5) is 0 Å². The summed E-state index contributed by atoms with van der Waals surface area (Å²) in [7, 11) is 2.22. The van der Waals surface area contributed by atoms with E-state index in [0.29, 0.717) is 6.04 Å². The number of piperazine rings is 1. The summed E-state index contributed by atoms with van der Waals surface area (Å²) in [5.41, 5.74) is 2.17. The van der Waals surface area contributed by atoms with Crippen molar-refractivity contribution in [2.24, 2.45) is 5.92 Å². The summed E-state index contributed by atoms with van der Waals surface area (Å²) >= 11 is 0. The van der Waals surface area contributed by atoms with E-state index in [1.807, 2.05) is 12.1 Å². The number of rotatable bonds is 5. The predicted octanol–water partition coefficient (Wildman–Crippen LogP) is 3.13. The van der Waals surface area contributed by atoms with Crippen molar-refractivity contribution in [2.45, 2.75) is 45.6 Å². The fraction of sp³-hybridized carbons (Fsp3) is 0.682. The van der Waals surface area contributed by atoms with Gasteiger partial charge in [-0.1, -0.05) is 25.5 Å². The molecule has 0 bridgehead atoms. The zero-order valence-electron chi connectivity index (χ0n) is 16.8. The van der Waals surface area contributed by atoms with Crippen LogP contribution in [-0.2, 0) is 6.42 Å². The van der Waals surface area contributed by atoms with Crippen molar-refractivity contribution in [3.05, 3.63) is 35.4 Å². The highest BCUT2D eigenvalue weighted by molar-refractivity contribution is 5.94. The molecule has 2 fully saturated rings. The zero-order valence-corrected chi connectivity index (χ0v) is 16.8. The number of likely N-dealkylation sites (N-methyl/N-ethyl adjacent to an activating group) is 1. The summed E-state index contributed by atoms with van der Waals surface area (Å²) in [6, 6.07) is 8.88. The molecular formula is C22H35N3O. The quantitative estimate of drug-likeness (QED) is 0.810. The van der Waals surface area contributed by atoms with Gasteiger partial charge in [0, 0.05) is 50.9 Å². The molecule has 4 nitrogen and oxygen atoms in total. The highest BCUT2D eigenvalue weighted by Crippen LogP contribution is 2.22. The van der Waals surface area contributed by atoms with Crippen LogP contribution in [0.15, 0.2) is 24.3 Å². The van der Waals surface area contributed by atoms with E-state index < -0.39 is 0 Å². The summed E-state index contributed by atoms with van der Waals surface area (Å²) in [6.07, 6.45) is 4.51. The standard InChI is InChI=1S/C22H35N3O/c1-4-5-19-6-8-21(9-7-19)22(26)24-12-10-20(11-13-24)17-25-15-14-23(3)16-18(25)2/h6-9,18,20H,4-5,10-17H2,1-3H3. The van der Waals surface area contributed by atoms with Gasteiger partial charge in [0.15, 0.2) is 0 Å². The fourth-order valence-corrected chi connectivity index (χ4v) is 4.38. The summed E-state index contributed by atoms with van der Waals surface area (Å²) < 4.78 is 0. The molecule has 2 aliphatic rings. The van der Waals surface area contributed by atoms with Gasteiger partial charge in [-0.15, -0.1) is 0 Å². The Morgan fingerprint density at radius 3 is 2.38 bits per heavy atom. The van der Waals surface area contributed by atoms with E-state index >= 15 is 0 Å². The highest BCUT2D eigenvalue weighted by atomic mass is 16.2. The average Bonchev–Trinajstić information content (AvgIpc) is 2.65. The summed E-state index contributed by atoms with van der Waals surface area (Å²) in [5.74, 6) is 0.941. The van der Waals surface area contributed by atoms with Gasteiger partial charge in [-0.2, -0.15) is 0 Å². The van der Waals surface area contributed by atoms with Crippen LogP contribution in [0.1, 0.15) is 49.0 Å². The second-order valence-corrected chi connectivity index (χ2v) is 8.29. The minimum atomic E-state index is 0.208. The molecule has 0 spiro atoms. The molecule has 1 amide bonds. The molecule has 26 heavy (non-hydrogen) atoms. The van der Waals surface area contributed by atoms with Crippen molar-refractivity contribution >= 4 is 5.91 Å². The van der Waals surface area contributed by atoms with Crippen molar-refractivity contribution in [3.63, 3.8) is 0 Å². The molecule has 4 heteroatoms. The van der Waals surface area contributed by atoms with Gasteiger partial charge in [-0.3, -0.25) is 9.69 Å². The van der Waals surface area contributed by atoms with Crippen LogP contribution in [0.2, 0.25) is 0 Å². The molecule has 1 aromatic carbocycles. The largest absolute Gasteiger partial charge is 0.339 e. The maximum Gasteiger partial charge on any atom is 0.253 e. The molecule has 1 unspecified atom stereocenters. The number of hydrogen-bond acceptors (Lipinski definition) is 3. The van der Waals surface area contributed by atoms with E-state index in [1.165, 1.54) is 31.7 Å². The molecule has 3 rings (SSSR count). The Hall–Kier alpha value is -1.39. The lowest BCUT2D eigenvalue weighted by molar-refractivity contribution is 0.0556. The second-order valence-electron chi connectivity index (χ2n) is 8.29. The number of hydrogen-bond donors (Lipinski definition) is 0. The maximum absolute atomic E-state index is 12.8. The van der Waals surface area contributed by atoms with E-state index in [2.05, 4.69) is 47.7 Å². The first-order valence-electron chi connectivity index (χ1n) is 10.4. The van der Waals surface area contributed by atoms with E-state index in [9.17, 15) is 4.79 Å². The predicted molar refractivity (Wildman–Crippen MR) is 108 cm³/mol. The third kappa shape index (κ3) is 4.86. The van der Waals surface area contributed by atoms with Crippen LogP contribution in [0.25, 0.3) is 0 Å². The summed E-state index contributed by atoms with van der Waals surface area (Å²) in [5, 5.41) is 0. The molecule has 0 N–H and O–H groups in total.